The summed E-state index contributed by atoms with van der Waals surface area (Å²) in [6, 6.07) is 23.3. The van der Waals surface area contributed by atoms with Crippen LogP contribution in [0.4, 0.5) is 11.4 Å². The predicted octanol–water partition coefficient (Wildman–Crippen LogP) is 5.21. The Bertz CT molecular complexity index is 1230. The van der Waals surface area contributed by atoms with Crippen molar-refractivity contribution in [3.05, 3.63) is 95.1 Å². The first-order valence-corrected chi connectivity index (χ1v) is 12.0. The smallest absolute Gasteiger partial charge is 0.258 e. The second-order valence-electron chi connectivity index (χ2n) is 8.76. The van der Waals surface area contributed by atoms with Crippen LogP contribution < -0.4 is 16.0 Å². The van der Waals surface area contributed by atoms with Gasteiger partial charge in [0.1, 0.15) is 0 Å². The van der Waals surface area contributed by atoms with Crippen LogP contribution in [-0.2, 0) is 11.3 Å². The third-order valence-electron chi connectivity index (χ3n) is 6.12. The molecule has 0 fully saturated rings. The maximum Gasteiger partial charge on any atom is 0.258 e. The van der Waals surface area contributed by atoms with E-state index in [1.165, 1.54) is 5.56 Å². The highest BCUT2D eigenvalue weighted by molar-refractivity contribution is 6.37. The van der Waals surface area contributed by atoms with Gasteiger partial charge in [-0.2, -0.15) is 0 Å². The van der Waals surface area contributed by atoms with Gasteiger partial charge >= 0.3 is 0 Å². The summed E-state index contributed by atoms with van der Waals surface area (Å²) in [5.41, 5.74) is 6.17. The minimum absolute atomic E-state index is 0.0470. The van der Waals surface area contributed by atoms with Crippen LogP contribution in [0.25, 0.3) is 11.3 Å². The van der Waals surface area contributed by atoms with Crippen molar-refractivity contribution in [2.45, 2.75) is 26.3 Å². The monoisotopic (exact) mass is 468 g/mol. The van der Waals surface area contributed by atoms with E-state index in [0.29, 0.717) is 29.1 Å². The van der Waals surface area contributed by atoms with Crippen LogP contribution in [0.1, 0.15) is 46.8 Å². The number of hydrogen-bond acceptors (Lipinski definition) is 4. The number of unbranched alkanes of at least 4 members (excludes halogenated alkanes) is 1. The van der Waals surface area contributed by atoms with Gasteiger partial charge in [0.25, 0.3) is 11.8 Å². The zero-order valence-corrected chi connectivity index (χ0v) is 20.5. The molecule has 6 heteroatoms. The number of benzene rings is 3. The van der Waals surface area contributed by atoms with Crippen LogP contribution in [0.15, 0.2) is 72.8 Å². The fraction of sp³-hybridized carbons (Fsp3) is 0.241. The first-order chi connectivity index (χ1) is 17.0. The van der Waals surface area contributed by atoms with Gasteiger partial charge in [0.2, 0.25) is 0 Å². The summed E-state index contributed by atoms with van der Waals surface area (Å²) in [4.78, 5) is 28.0. The molecule has 0 atom stereocenters. The van der Waals surface area contributed by atoms with E-state index in [-0.39, 0.29) is 11.8 Å². The Labute approximate surface area is 207 Å². The van der Waals surface area contributed by atoms with Crippen molar-refractivity contribution in [2.24, 2.45) is 0 Å². The number of amides is 2. The summed E-state index contributed by atoms with van der Waals surface area (Å²) in [6.45, 7) is 3.59. The van der Waals surface area contributed by atoms with Crippen molar-refractivity contribution in [1.29, 1.82) is 0 Å². The van der Waals surface area contributed by atoms with E-state index in [9.17, 15) is 9.59 Å². The van der Waals surface area contributed by atoms with E-state index < -0.39 is 0 Å². The van der Waals surface area contributed by atoms with E-state index in [2.05, 4.69) is 35.0 Å². The predicted molar refractivity (Wildman–Crippen MR) is 143 cm³/mol. The minimum atomic E-state index is -0.193. The van der Waals surface area contributed by atoms with Gasteiger partial charge in [-0.05, 0) is 54.9 Å². The molecular formula is C29H32N4O2. The van der Waals surface area contributed by atoms with Crippen LogP contribution in [0.5, 0.6) is 0 Å². The molecule has 0 aliphatic carbocycles. The molecule has 180 valence electrons. The maximum atomic E-state index is 13.2. The van der Waals surface area contributed by atoms with Crippen LogP contribution in [0.3, 0.4) is 0 Å². The first-order valence-electron chi connectivity index (χ1n) is 12.0. The molecular weight excluding hydrogens is 436 g/mol. The van der Waals surface area contributed by atoms with Crippen molar-refractivity contribution < 1.29 is 9.59 Å². The molecule has 2 amide bonds. The summed E-state index contributed by atoms with van der Waals surface area (Å²) in [5, 5.41) is 9.60. The lowest BCUT2D eigenvalue weighted by atomic mass is 9.98. The van der Waals surface area contributed by atoms with Gasteiger partial charge in [-0.25, -0.2) is 0 Å². The Kier molecular flexibility index (Phi) is 7.63. The SMILES string of the molecule is CCCCN(C)C(=O)c1ccc2c(c1)C(=C(Nc1ccc(CNC)cc1)c1ccccc1)C(=O)N2. The highest BCUT2D eigenvalue weighted by Crippen LogP contribution is 2.38. The number of carbonyl (C=O) groups is 2. The molecule has 1 aliphatic heterocycles. The van der Waals surface area contributed by atoms with Crippen molar-refractivity contribution in [2.75, 3.05) is 31.3 Å². The summed E-state index contributed by atoms with van der Waals surface area (Å²) < 4.78 is 0. The topological polar surface area (TPSA) is 73.5 Å². The Morgan fingerprint density at radius 1 is 0.971 bits per heavy atom. The molecule has 0 saturated carbocycles. The molecule has 6 nitrogen and oxygen atoms in total. The minimum Gasteiger partial charge on any atom is -0.354 e. The van der Waals surface area contributed by atoms with Crippen molar-refractivity contribution >= 4 is 34.5 Å². The fourth-order valence-corrected chi connectivity index (χ4v) is 4.20. The number of rotatable bonds is 9. The Hall–Kier alpha value is -3.90. The molecule has 0 saturated heterocycles. The standard InChI is InChI=1S/C29H32N4O2/c1-4-5-17-33(3)29(35)22-13-16-25-24(18-22)26(28(34)32-25)27(21-9-7-6-8-10-21)31-23-14-11-20(12-15-23)19-30-2/h6-16,18,30-31H,4-5,17,19H2,1-3H3,(H,32,34). The Morgan fingerprint density at radius 2 is 1.71 bits per heavy atom. The molecule has 0 spiro atoms. The average molecular weight is 469 g/mol. The van der Waals surface area contributed by atoms with Crippen LogP contribution in [0, 0.1) is 0 Å². The molecule has 0 aromatic heterocycles. The number of hydrogen-bond donors (Lipinski definition) is 3. The van der Waals surface area contributed by atoms with Crippen molar-refractivity contribution in [3.63, 3.8) is 0 Å². The highest BCUT2D eigenvalue weighted by Gasteiger charge is 2.29. The van der Waals surface area contributed by atoms with E-state index in [1.807, 2.05) is 68.7 Å². The molecule has 1 aliphatic rings. The molecule has 0 unspecified atom stereocenters. The molecule has 3 aromatic rings. The molecule has 4 rings (SSSR count). The molecule has 0 radical (unpaired) electrons. The third kappa shape index (κ3) is 5.44. The van der Waals surface area contributed by atoms with Crippen LogP contribution in [-0.4, -0.2) is 37.4 Å². The van der Waals surface area contributed by atoms with E-state index in [1.54, 1.807) is 11.0 Å². The summed E-state index contributed by atoms with van der Waals surface area (Å²) in [5.74, 6) is -0.239. The largest absolute Gasteiger partial charge is 0.354 e. The van der Waals surface area contributed by atoms with Gasteiger partial charge in [-0.1, -0.05) is 55.8 Å². The number of carbonyl (C=O) groups excluding carboxylic acids is 2. The molecule has 3 N–H and O–H groups in total. The van der Waals surface area contributed by atoms with Gasteiger partial charge in [0, 0.05) is 42.6 Å². The quantitative estimate of drug-likeness (QED) is 0.377. The van der Waals surface area contributed by atoms with E-state index in [0.717, 1.165) is 36.2 Å². The Balaban J connectivity index is 1.77. The molecule has 35 heavy (non-hydrogen) atoms. The number of fused-ring (bicyclic) bond motifs is 1. The summed E-state index contributed by atoms with van der Waals surface area (Å²) in [6.07, 6.45) is 1.97. The molecule has 0 bridgehead atoms. The molecule has 1 heterocycles. The van der Waals surface area contributed by atoms with Gasteiger partial charge < -0.3 is 20.9 Å². The van der Waals surface area contributed by atoms with Gasteiger partial charge in [0.05, 0.1) is 11.3 Å². The lowest BCUT2D eigenvalue weighted by Crippen LogP contribution is -2.27. The fourth-order valence-electron chi connectivity index (χ4n) is 4.20. The maximum absolute atomic E-state index is 13.2. The number of nitrogens with one attached hydrogen (secondary N) is 3. The first kappa shape index (κ1) is 24.2. The lowest BCUT2D eigenvalue weighted by molar-refractivity contribution is -0.110. The highest BCUT2D eigenvalue weighted by atomic mass is 16.2. The third-order valence-corrected chi connectivity index (χ3v) is 6.12. The normalized spacial score (nSPS) is 13.7. The van der Waals surface area contributed by atoms with Crippen molar-refractivity contribution in [3.8, 4) is 0 Å². The zero-order valence-electron chi connectivity index (χ0n) is 20.5. The number of anilines is 2. The van der Waals surface area contributed by atoms with Crippen LogP contribution >= 0.6 is 0 Å². The lowest BCUT2D eigenvalue weighted by Gasteiger charge is -2.18. The second kappa shape index (κ2) is 11.0. The second-order valence-corrected chi connectivity index (χ2v) is 8.76. The summed E-state index contributed by atoms with van der Waals surface area (Å²) >= 11 is 0. The van der Waals surface area contributed by atoms with Crippen LogP contribution in [0.2, 0.25) is 0 Å². The number of nitrogens with zero attached hydrogens (tertiary/aromatic N) is 1. The molecule has 3 aromatic carbocycles. The van der Waals surface area contributed by atoms with Gasteiger partial charge in [0.15, 0.2) is 0 Å². The summed E-state index contributed by atoms with van der Waals surface area (Å²) in [7, 11) is 3.74. The zero-order chi connectivity index (χ0) is 24.8. The van der Waals surface area contributed by atoms with Gasteiger partial charge in [-0.3, -0.25) is 9.59 Å². The van der Waals surface area contributed by atoms with Gasteiger partial charge in [-0.15, -0.1) is 0 Å². The Morgan fingerprint density at radius 3 is 2.40 bits per heavy atom. The average Bonchev–Trinajstić information content (AvgIpc) is 3.21. The van der Waals surface area contributed by atoms with Crippen molar-refractivity contribution in [1.82, 2.24) is 10.2 Å². The van der Waals surface area contributed by atoms with E-state index >= 15 is 0 Å². The van der Waals surface area contributed by atoms with E-state index in [4.69, 9.17) is 0 Å².